The molecule has 2 aromatic rings. The predicted octanol–water partition coefficient (Wildman–Crippen LogP) is 2.42. The number of halogens is 1. The van der Waals surface area contributed by atoms with Crippen molar-refractivity contribution in [3.63, 3.8) is 0 Å². The Morgan fingerprint density at radius 2 is 1.83 bits per heavy atom. The molecule has 0 fully saturated rings. The second kappa shape index (κ2) is 5.78. The topological polar surface area (TPSA) is 39.1 Å². The van der Waals surface area contributed by atoms with Crippen LogP contribution in [0.25, 0.3) is 0 Å². The van der Waals surface area contributed by atoms with E-state index in [0.29, 0.717) is 6.42 Å². The van der Waals surface area contributed by atoms with Crippen LogP contribution in [0.1, 0.15) is 5.56 Å². The molecule has 4 heteroatoms. The van der Waals surface area contributed by atoms with Gasteiger partial charge in [-0.1, -0.05) is 30.3 Å². The molecule has 0 amide bonds. The van der Waals surface area contributed by atoms with Crippen LogP contribution in [0.3, 0.4) is 0 Å². The number of nitrogens with zero attached hydrogens (tertiary/aromatic N) is 1. The molecule has 0 aliphatic carbocycles. The van der Waals surface area contributed by atoms with Crippen molar-refractivity contribution in [2.24, 2.45) is 0 Å². The van der Waals surface area contributed by atoms with Gasteiger partial charge in [0.25, 0.3) is 5.56 Å². The summed E-state index contributed by atoms with van der Waals surface area (Å²) in [6.45, 7) is 0.104. The summed E-state index contributed by atoms with van der Waals surface area (Å²) in [6.07, 6.45) is 1.98. The molecule has 1 aromatic carbocycles. The molecule has 0 spiro atoms. The first-order chi connectivity index (χ1) is 8.65. The second-order valence-corrected chi connectivity index (χ2v) is 4.93. The van der Waals surface area contributed by atoms with Crippen LogP contribution in [0.5, 0.6) is 0 Å². The van der Waals surface area contributed by atoms with E-state index in [1.807, 2.05) is 30.3 Å². The largest absolute Gasteiger partial charge is 0.307 e. The fourth-order valence-electron chi connectivity index (χ4n) is 1.70. The van der Waals surface area contributed by atoms with Crippen LogP contribution in [0.2, 0.25) is 0 Å². The highest BCUT2D eigenvalue weighted by Crippen LogP contribution is 2.06. The number of aromatic nitrogens is 1. The smallest absolute Gasteiger partial charge is 0.250 e. The minimum atomic E-state index is -0.167. The highest BCUT2D eigenvalue weighted by Gasteiger charge is 2.06. The first kappa shape index (κ1) is 12.8. The third kappa shape index (κ3) is 3.40. The molecule has 1 aromatic heterocycles. The quantitative estimate of drug-likeness (QED) is 0.870. The molecule has 92 valence electrons. The van der Waals surface area contributed by atoms with Crippen LogP contribution < -0.4 is 5.56 Å². The van der Waals surface area contributed by atoms with E-state index in [0.717, 1.165) is 10.0 Å². The molecule has 0 bridgehead atoms. The van der Waals surface area contributed by atoms with E-state index in [-0.39, 0.29) is 17.9 Å². The Bertz CT molecular complexity index is 605. The van der Waals surface area contributed by atoms with Crippen molar-refractivity contribution >= 4 is 21.7 Å². The van der Waals surface area contributed by atoms with Gasteiger partial charge < -0.3 is 4.57 Å². The van der Waals surface area contributed by atoms with Gasteiger partial charge in [0.15, 0.2) is 5.78 Å². The van der Waals surface area contributed by atoms with Gasteiger partial charge in [0.1, 0.15) is 0 Å². The fraction of sp³-hybridized carbons (Fsp3) is 0.143. The molecule has 0 aliphatic heterocycles. The summed E-state index contributed by atoms with van der Waals surface area (Å²) < 4.78 is 2.20. The number of carbonyl (C=O) groups is 1. The van der Waals surface area contributed by atoms with Gasteiger partial charge in [-0.25, -0.2) is 0 Å². The van der Waals surface area contributed by atoms with Crippen molar-refractivity contribution < 1.29 is 4.79 Å². The van der Waals surface area contributed by atoms with Gasteiger partial charge in [0, 0.05) is 23.2 Å². The van der Waals surface area contributed by atoms with Crippen LogP contribution in [0, 0.1) is 0 Å². The number of hydrogen-bond donors (Lipinski definition) is 0. The van der Waals surface area contributed by atoms with Crippen LogP contribution in [0.15, 0.2) is 57.9 Å². The number of pyridine rings is 1. The highest BCUT2D eigenvalue weighted by atomic mass is 79.9. The zero-order valence-electron chi connectivity index (χ0n) is 9.67. The maximum atomic E-state index is 11.9. The lowest BCUT2D eigenvalue weighted by Gasteiger charge is -2.05. The first-order valence-electron chi connectivity index (χ1n) is 5.57. The zero-order valence-corrected chi connectivity index (χ0v) is 11.3. The summed E-state index contributed by atoms with van der Waals surface area (Å²) in [7, 11) is 0. The summed E-state index contributed by atoms with van der Waals surface area (Å²) in [4.78, 5) is 23.4. The molecular formula is C14H12BrNO2. The van der Waals surface area contributed by atoms with Crippen molar-refractivity contribution in [2.75, 3.05) is 0 Å². The van der Waals surface area contributed by atoms with Gasteiger partial charge in [0.2, 0.25) is 0 Å². The molecule has 18 heavy (non-hydrogen) atoms. The lowest BCUT2D eigenvalue weighted by Crippen LogP contribution is -2.23. The Hall–Kier alpha value is -1.68. The van der Waals surface area contributed by atoms with Gasteiger partial charge in [-0.2, -0.15) is 0 Å². The van der Waals surface area contributed by atoms with Crippen LogP contribution in [-0.2, 0) is 17.8 Å². The van der Waals surface area contributed by atoms with Gasteiger partial charge in [-0.15, -0.1) is 0 Å². The Morgan fingerprint density at radius 3 is 2.56 bits per heavy atom. The van der Waals surface area contributed by atoms with Gasteiger partial charge >= 0.3 is 0 Å². The SMILES string of the molecule is O=C(Cc1ccccc1)Cn1cc(Br)ccc1=O. The number of benzene rings is 1. The average Bonchev–Trinajstić information content (AvgIpc) is 2.35. The third-order valence-electron chi connectivity index (χ3n) is 2.54. The summed E-state index contributed by atoms with van der Waals surface area (Å²) in [5.74, 6) is 0.0152. The normalized spacial score (nSPS) is 10.3. The minimum Gasteiger partial charge on any atom is -0.307 e. The Morgan fingerprint density at radius 1 is 1.11 bits per heavy atom. The average molecular weight is 306 g/mol. The third-order valence-corrected chi connectivity index (χ3v) is 3.01. The van der Waals surface area contributed by atoms with E-state index < -0.39 is 0 Å². The Labute approximate surface area is 113 Å². The summed E-state index contributed by atoms with van der Waals surface area (Å²) >= 11 is 3.28. The molecule has 0 N–H and O–H groups in total. The maximum Gasteiger partial charge on any atom is 0.250 e. The van der Waals surface area contributed by atoms with E-state index in [4.69, 9.17) is 0 Å². The summed E-state index contributed by atoms with van der Waals surface area (Å²) in [6, 6.07) is 12.6. The number of carbonyl (C=O) groups excluding carboxylic acids is 1. The molecule has 0 unspecified atom stereocenters. The van der Waals surface area contributed by atoms with Crippen LogP contribution in [0.4, 0.5) is 0 Å². The van der Waals surface area contributed by atoms with Crippen molar-refractivity contribution in [1.29, 1.82) is 0 Å². The first-order valence-corrected chi connectivity index (χ1v) is 6.36. The van der Waals surface area contributed by atoms with Gasteiger partial charge in [-0.05, 0) is 27.6 Å². The number of Topliss-reactive ketones (excluding diaryl/α,β-unsaturated/α-hetero) is 1. The zero-order chi connectivity index (χ0) is 13.0. The maximum absolute atomic E-state index is 11.9. The van der Waals surface area contributed by atoms with Crippen LogP contribution >= 0.6 is 15.9 Å². The monoisotopic (exact) mass is 305 g/mol. The standard InChI is InChI=1S/C14H12BrNO2/c15-12-6-7-14(18)16(9-12)10-13(17)8-11-4-2-1-3-5-11/h1-7,9H,8,10H2. The van der Waals surface area contributed by atoms with Crippen molar-refractivity contribution in [3.05, 3.63) is 69.1 Å². The molecule has 2 rings (SSSR count). The van der Waals surface area contributed by atoms with E-state index in [1.54, 1.807) is 12.3 Å². The van der Waals surface area contributed by atoms with Crippen molar-refractivity contribution in [1.82, 2.24) is 4.57 Å². The van der Waals surface area contributed by atoms with Gasteiger partial charge in [0.05, 0.1) is 6.54 Å². The molecule has 0 saturated carbocycles. The summed E-state index contributed by atoms with van der Waals surface area (Å²) in [5.41, 5.74) is 0.796. The van der Waals surface area contributed by atoms with E-state index in [2.05, 4.69) is 15.9 Å². The van der Waals surface area contributed by atoms with E-state index in [1.165, 1.54) is 10.6 Å². The lowest BCUT2D eigenvalue weighted by molar-refractivity contribution is -0.119. The highest BCUT2D eigenvalue weighted by molar-refractivity contribution is 9.10. The Balaban J connectivity index is 2.08. The predicted molar refractivity (Wildman–Crippen MR) is 73.6 cm³/mol. The summed E-state index contributed by atoms with van der Waals surface area (Å²) in [5, 5.41) is 0. The molecule has 0 aliphatic rings. The molecule has 0 atom stereocenters. The molecule has 0 saturated heterocycles. The Kier molecular flexibility index (Phi) is 4.10. The number of rotatable bonds is 4. The molecule has 3 nitrogen and oxygen atoms in total. The number of hydrogen-bond acceptors (Lipinski definition) is 2. The molecule has 1 heterocycles. The second-order valence-electron chi connectivity index (χ2n) is 4.01. The van der Waals surface area contributed by atoms with E-state index in [9.17, 15) is 9.59 Å². The van der Waals surface area contributed by atoms with Gasteiger partial charge in [-0.3, -0.25) is 9.59 Å². The molecule has 0 radical (unpaired) electrons. The van der Waals surface area contributed by atoms with Crippen molar-refractivity contribution in [3.8, 4) is 0 Å². The number of ketones is 1. The fourth-order valence-corrected chi connectivity index (χ4v) is 2.07. The molecular weight excluding hydrogens is 294 g/mol. The van der Waals surface area contributed by atoms with Crippen LogP contribution in [-0.4, -0.2) is 10.4 Å². The lowest BCUT2D eigenvalue weighted by atomic mass is 10.1. The van der Waals surface area contributed by atoms with Crippen molar-refractivity contribution in [2.45, 2.75) is 13.0 Å². The minimum absolute atomic E-state index is 0.0152. The van der Waals surface area contributed by atoms with E-state index >= 15 is 0 Å².